The summed E-state index contributed by atoms with van der Waals surface area (Å²) in [5.74, 6) is -7.87. The Kier molecular flexibility index (Phi) is 13.9. The first kappa shape index (κ1) is 38.3. The number of halogens is 4. The number of carbonyl (C=O) groups excluding carboxylic acids is 4. The fourth-order valence-electron chi connectivity index (χ4n) is 3.75. The van der Waals surface area contributed by atoms with E-state index in [1.165, 1.54) is 24.3 Å². The highest BCUT2D eigenvalue weighted by Gasteiger charge is 2.28. The van der Waals surface area contributed by atoms with Gasteiger partial charge in [0.15, 0.2) is 23.3 Å². The molecule has 4 amide bonds. The third kappa shape index (κ3) is 12.1. The maximum absolute atomic E-state index is 13.9. The Labute approximate surface area is 267 Å². The molecule has 1 aliphatic heterocycles. The van der Waals surface area contributed by atoms with Gasteiger partial charge in [-0.3, -0.25) is 25.0 Å². The lowest BCUT2D eigenvalue weighted by Crippen LogP contribution is -2.43. The molecule has 13 nitrogen and oxygen atoms in total. The first-order valence-electron chi connectivity index (χ1n) is 14.2. The molecule has 0 aliphatic carbocycles. The highest BCUT2D eigenvalue weighted by atomic mass is 19.2. The van der Waals surface area contributed by atoms with E-state index < -0.39 is 71.0 Å². The number of anilines is 2. The molecule has 2 aromatic rings. The van der Waals surface area contributed by atoms with Crippen LogP contribution in [0.25, 0.3) is 0 Å². The van der Waals surface area contributed by atoms with Crippen molar-refractivity contribution in [3.63, 3.8) is 0 Å². The summed E-state index contributed by atoms with van der Waals surface area (Å²) in [4.78, 5) is 56.2. The van der Waals surface area contributed by atoms with Crippen molar-refractivity contribution in [3.05, 3.63) is 58.7 Å². The molecule has 1 atom stereocenters. The predicted molar refractivity (Wildman–Crippen MR) is 158 cm³/mol. The molecule has 47 heavy (non-hydrogen) atoms. The zero-order valence-corrected chi connectivity index (χ0v) is 26.0. The Morgan fingerprint density at radius 1 is 0.979 bits per heavy atom. The Bertz CT molecular complexity index is 1430. The molecule has 0 aromatic heterocycles. The molecule has 258 valence electrons. The van der Waals surface area contributed by atoms with Crippen LogP contribution in [0.3, 0.4) is 0 Å². The topological polar surface area (TPSA) is 195 Å². The van der Waals surface area contributed by atoms with Crippen molar-refractivity contribution in [3.8, 4) is 0 Å². The number of hydrogen-bond donors (Lipinski definition) is 5. The van der Waals surface area contributed by atoms with Gasteiger partial charge in [0.25, 0.3) is 5.91 Å². The van der Waals surface area contributed by atoms with Crippen molar-refractivity contribution in [1.82, 2.24) is 10.6 Å². The summed E-state index contributed by atoms with van der Waals surface area (Å²) in [5, 5.41) is 16.0. The van der Waals surface area contributed by atoms with Gasteiger partial charge in [0, 0.05) is 37.2 Å². The van der Waals surface area contributed by atoms with Crippen LogP contribution in [-0.4, -0.2) is 53.8 Å². The minimum Gasteiger partial charge on any atom is -0.450 e. The molecule has 0 bridgehead atoms. The predicted octanol–water partition coefficient (Wildman–Crippen LogP) is 4.69. The van der Waals surface area contributed by atoms with E-state index >= 15 is 0 Å². The fraction of sp³-hybridized carbons (Fsp3) is 0.433. The van der Waals surface area contributed by atoms with Gasteiger partial charge in [-0.15, -0.1) is 0 Å². The van der Waals surface area contributed by atoms with Crippen molar-refractivity contribution in [2.24, 2.45) is 5.92 Å². The van der Waals surface area contributed by atoms with Crippen LogP contribution in [0.15, 0.2) is 24.3 Å². The first-order chi connectivity index (χ1) is 21.9. The molecule has 17 heteroatoms. The number of imide groups is 1. The summed E-state index contributed by atoms with van der Waals surface area (Å²) in [7, 11) is 0. The molecule has 1 aliphatic rings. The minimum atomic E-state index is -1.82. The zero-order valence-electron chi connectivity index (χ0n) is 26.0. The highest BCUT2D eigenvalue weighted by molar-refractivity contribution is 6.01. The van der Waals surface area contributed by atoms with E-state index in [0.29, 0.717) is 25.4 Å². The average Bonchev–Trinajstić information content (AvgIpc) is 3.39. The van der Waals surface area contributed by atoms with Gasteiger partial charge in [-0.1, -0.05) is 26.0 Å². The van der Waals surface area contributed by atoms with Gasteiger partial charge in [0.05, 0.1) is 11.2 Å². The Hall–Kier alpha value is -4.93. The van der Waals surface area contributed by atoms with Crippen molar-refractivity contribution < 1.29 is 60.9 Å². The molecule has 2 aromatic carbocycles. The fourth-order valence-corrected chi connectivity index (χ4v) is 3.75. The van der Waals surface area contributed by atoms with Gasteiger partial charge in [-0.25, -0.2) is 27.2 Å². The quantitative estimate of drug-likeness (QED) is 0.0694. The van der Waals surface area contributed by atoms with Gasteiger partial charge in [0.2, 0.25) is 17.9 Å². The summed E-state index contributed by atoms with van der Waals surface area (Å²) in [6, 6.07) is 5.11. The summed E-state index contributed by atoms with van der Waals surface area (Å²) in [6.07, 6.45) is -2.92. The second kappa shape index (κ2) is 17.1. The zero-order chi connectivity index (χ0) is 35.5. The molecule has 1 heterocycles. The summed E-state index contributed by atoms with van der Waals surface area (Å²) >= 11 is 0. The van der Waals surface area contributed by atoms with Crippen LogP contribution in [0.5, 0.6) is 0 Å². The van der Waals surface area contributed by atoms with Crippen LogP contribution in [-0.2, 0) is 35.2 Å². The van der Waals surface area contributed by atoms with Gasteiger partial charge in [0.1, 0.15) is 12.3 Å². The SMILES string of the molecule is CC(C)CCOC(C)(C)CNC(=O)C(OC(=O)O)c1ccc(NC(=O)OCc2c(F)c(F)c(N)c(F)c2F)cc1.O=C1CCC(=O)N1. The van der Waals surface area contributed by atoms with E-state index in [9.17, 15) is 41.5 Å². The molecule has 6 N–H and O–H groups in total. The number of carbonyl (C=O) groups is 5. The molecule has 1 saturated heterocycles. The van der Waals surface area contributed by atoms with E-state index in [0.717, 1.165) is 6.42 Å². The molecule has 3 rings (SSSR count). The summed E-state index contributed by atoms with van der Waals surface area (Å²) in [5.41, 5.74) is 1.86. The second-order valence-electron chi connectivity index (χ2n) is 11.2. The van der Waals surface area contributed by atoms with E-state index in [1.807, 2.05) is 13.8 Å². The number of nitrogens with one attached hydrogen (secondary N) is 3. The monoisotopic (exact) mass is 672 g/mol. The van der Waals surface area contributed by atoms with Crippen LogP contribution in [0.4, 0.5) is 38.5 Å². The maximum atomic E-state index is 13.9. The number of hydrogen-bond acceptors (Lipinski definition) is 9. The summed E-state index contributed by atoms with van der Waals surface area (Å²) < 4.78 is 70.1. The molecular weight excluding hydrogens is 636 g/mol. The molecule has 0 radical (unpaired) electrons. The minimum absolute atomic E-state index is 0.0673. The first-order valence-corrected chi connectivity index (χ1v) is 14.2. The number of carboxylic acid groups (broad SMARTS) is 1. The lowest BCUT2D eigenvalue weighted by molar-refractivity contribution is -0.132. The van der Waals surface area contributed by atoms with Crippen molar-refractivity contribution >= 4 is 41.3 Å². The lowest BCUT2D eigenvalue weighted by Gasteiger charge is -2.27. The maximum Gasteiger partial charge on any atom is 0.506 e. The smallest absolute Gasteiger partial charge is 0.450 e. The van der Waals surface area contributed by atoms with Crippen molar-refractivity contribution in [2.75, 3.05) is 24.2 Å². The van der Waals surface area contributed by atoms with E-state index in [-0.39, 0.29) is 29.6 Å². The van der Waals surface area contributed by atoms with Crippen molar-refractivity contribution in [1.29, 1.82) is 0 Å². The normalized spacial score (nSPS) is 13.3. The average molecular weight is 673 g/mol. The van der Waals surface area contributed by atoms with Crippen LogP contribution in [0, 0.1) is 29.2 Å². The van der Waals surface area contributed by atoms with Crippen LogP contribution >= 0.6 is 0 Å². The van der Waals surface area contributed by atoms with Crippen LogP contribution < -0.4 is 21.7 Å². The Balaban J connectivity index is 0.000000965. The molecular formula is C30H36F4N4O9. The van der Waals surface area contributed by atoms with E-state index in [4.69, 9.17) is 20.3 Å². The number of nitrogens with two attached hydrogens (primary N) is 1. The molecule has 0 spiro atoms. The summed E-state index contributed by atoms with van der Waals surface area (Å²) in [6.45, 7) is 7.02. The van der Waals surface area contributed by atoms with E-state index in [1.54, 1.807) is 13.8 Å². The van der Waals surface area contributed by atoms with E-state index in [2.05, 4.69) is 20.7 Å². The largest absolute Gasteiger partial charge is 0.506 e. The van der Waals surface area contributed by atoms with Crippen LogP contribution in [0.2, 0.25) is 0 Å². The third-order valence-electron chi connectivity index (χ3n) is 6.39. The molecule has 0 saturated carbocycles. The number of amides is 4. The van der Waals surface area contributed by atoms with Crippen LogP contribution in [0.1, 0.15) is 64.2 Å². The molecule has 1 unspecified atom stereocenters. The lowest BCUT2D eigenvalue weighted by atomic mass is 10.1. The van der Waals surface area contributed by atoms with Gasteiger partial charge in [-0.2, -0.15) is 0 Å². The number of rotatable bonds is 12. The Morgan fingerprint density at radius 2 is 1.53 bits per heavy atom. The number of benzene rings is 2. The Morgan fingerprint density at radius 3 is 2.00 bits per heavy atom. The highest BCUT2D eigenvalue weighted by Crippen LogP contribution is 2.27. The standard InChI is InChI=1S/C26H31F4N3O7.C4H5NO2/c1-13(2)9-10-39-26(3,4)12-32-23(34)22(40-25(36)37)14-5-7-15(8-6-14)33-24(35)38-11-16-17(27)19(29)21(31)20(30)18(16)28;6-3-1-2-4(7)5-3/h5-8,13,22H,9-12,31H2,1-4H3,(H,32,34)(H,33,35)(H,36,37);1-2H2,(H,5,6,7). The van der Waals surface area contributed by atoms with Crippen molar-refractivity contribution in [2.45, 2.75) is 65.3 Å². The third-order valence-corrected chi connectivity index (χ3v) is 6.39. The van der Waals surface area contributed by atoms with Gasteiger partial charge < -0.3 is 30.4 Å². The number of ether oxygens (including phenoxy) is 3. The number of nitrogen functional groups attached to an aromatic ring is 1. The second-order valence-corrected chi connectivity index (χ2v) is 11.2. The van der Waals surface area contributed by atoms with Gasteiger partial charge in [-0.05, 0) is 38.3 Å². The van der Waals surface area contributed by atoms with Gasteiger partial charge >= 0.3 is 12.2 Å². The molecule has 1 fully saturated rings.